The van der Waals surface area contributed by atoms with Crippen molar-refractivity contribution in [2.45, 2.75) is 65.6 Å². The number of carbonyl (C=O) groups is 4. The van der Waals surface area contributed by atoms with Crippen LogP contribution in [0.15, 0.2) is 0 Å². The van der Waals surface area contributed by atoms with Crippen LogP contribution in [0, 0.1) is 0 Å². The molecule has 0 aromatic heterocycles. The summed E-state index contributed by atoms with van der Waals surface area (Å²) >= 11 is 0. The lowest BCUT2D eigenvalue weighted by Gasteiger charge is -2.19. The van der Waals surface area contributed by atoms with Gasteiger partial charge < -0.3 is 18.9 Å². The van der Waals surface area contributed by atoms with Crippen LogP contribution in [0.1, 0.15) is 54.4 Å². The molecule has 0 atom stereocenters. The molecule has 0 spiro atoms. The molecule has 162 valence electrons. The topological polar surface area (TPSA) is 129 Å². The molecule has 0 amide bonds. The second kappa shape index (κ2) is 12.3. The molecule has 2 N–H and O–H groups in total. The van der Waals surface area contributed by atoms with Crippen LogP contribution in [0.2, 0.25) is 0 Å². The minimum Gasteiger partial charge on any atom is -0.457 e. The van der Waals surface area contributed by atoms with Gasteiger partial charge in [-0.1, -0.05) is 0 Å². The van der Waals surface area contributed by atoms with Crippen LogP contribution in [0.4, 0.5) is 0 Å². The van der Waals surface area contributed by atoms with E-state index in [1.54, 1.807) is 41.5 Å². The van der Waals surface area contributed by atoms with Crippen molar-refractivity contribution in [3.8, 4) is 0 Å². The maximum Gasteiger partial charge on any atom is 0.344 e. The lowest BCUT2D eigenvalue weighted by molar-refractivity contribution is -0.166. The third-order valence-electron chi connectivity index (χ3n) is 2.58. The van der Waals surface area contributed by atoms with E-state index in [0.717, 1.165) is 0 Å². The summed E-state index contributed by atoms with van der Waals surface area (Å²) < 4.78 is 19.6. The van der Waals surface area contributed by atoms with Crippen LogP contribution in [0.3, 0.4) is 0 Å². The third-order valence-corrected chi connectivity index (χ3v) is 2.58. The van der Waals surface area contributed by atoms with E-state index in [1.165, 1.54) is 0 Å². The van der Waals surface area contributed by atoms with E-state index in [4.69, 9.17) is 18.9 Å². The quantitative estimate of drug-likeness (QED) is 0.219. The number of hydrogen-bond donors (Lipinski definition) is 2. The first-order chi connectivity index (χ1) is 12.8. The number of esters is 4. The van der Waals surface area contributed by atoms with Crippen molar-refractivity contribution in [3.63, 3.8) is 0 Å². The van der Waals surface area contributed by atoms with Gasteiger partial charge in [0.2, 0.25) is 0 Å². The highest BCUT2D eigenvalue weighted by Crippen LogP contribution is 2.07. The molecule has 10 nitrogen and oxygen atoms in total. The summed E-state index contributed by atoms with van der Waals surface area (Å²) in [6.45, 7) is 9.90. The number of hydrazine groups is 1. The Hall–Kier alpha value is -2.20. The summed E-state index contributed by atoms with van der Waals surface area (Å²) in [5.74, 6) is -2.34. The van der Waals surface area contributed by atoms with Crippen molar-refractivity contribution in [1.82, 2.24) is 10.9 Å². The number of ether oxygens (including phenoxy) is 4. The SMILES string of the molecule is CC(C)(C)OC(=O)COC(=O)CCNNCCC(=O)OCC(=O)OC(C)(C)C. The number of hydrogen-bond acceptors (Lipinski definition) is 10. The standard InChI is InChI=1S/C18H32N2O8/c1-17(2,3)27-15(23)11-25-13(21)7-9-19-20-10-8-14(22)26-12-16(24)28-18(4,5)6/h19-20H,7-12H2,1-6H3. The lowest BCUT2D eigenvalue weighted by Crippen LogP contribution is -2.36. The summed E-state index contributed by atoms with van der Waals surface area (Å²) in [5, 5.41) is 0. The molecule has 0 aromatic rings. The predicted octanol–water partition coefficient (Wildman–Crippen LogP) is 0.631. The lowest BCUT2D eigenvalue weighted by atomic mass is 10.2. The second-order valence-corrected chi connectivity index (χ2v) is 7.85. The van der Waals surface area contributed by atoms with Crippen molar-refractivity contribution in [2.75, 3.05) is 26.3 Å². The first-order valence-electron chi connectivity index (χ1n) is 8.99. The van der Waals surface area contributed by atoms with E-state index < -0.39 is 48.3 Å². The molecule has 0 rings (SSSR count). The Morgan fingerprint density at radius 1 is 0.607 bits per heavy atom. The molecule has 0 saturated carbocycles. The summed E-state index contributed by atoms with van der Waals surface area (Å²) in [4.78, 5) is 45.8. The smallest absolute Gasteiger partial charge is 0.344 e. The molecule has 28 heavy (non-hydrogen) atoms. The van der Waals surface area contributed by atoms with Crippen molar-refractivity contribution < 1.29 is 38.1 Å². The molecule has 0 aliphatic heterocycles. The molecule has 0 saturated heterocycles. The van der Waals surface area contributed by atoms with Crippen LogP contribution >= 0.6 is 0 Å². The second-order valence-electron chi connectivity index (χ2n) is 7.85. The van der Waals surface area contributed by atoms with E-state index in [2.05, 4.69) is 10.9 Å². The van der Waals surface area contributed by atoms with E-state index in [-0.39, 0.29) is 25.9 Å². The largest absolute Gasteiger partial charge is 0.457 e. The highest BCUT2D eigenvalue weighted by Gasteiger charge is 2.18. The zero-order valence-corrected chi connectivity index (χ0v) is 17.5. The Kier molecular flexibility index (Phi) is 11.3. The Morgan fingerprint density at radius 3 is 1.21 bits per heavy atom. The Bertz CT molecular complexity index is 487. The molecule has 0 aliphatic rings. The number of carbonyl (C=O) groups excluding carboxylic acids is 4. The highest BCUT2D eigenvalue weighted by molar-refractivity contribution is 5.77. The maximum absolute atomic E-state index is 11.5. The van der Waals surface area contributed by atoms with E-state index in [1.807, 2.05) is 0 Å². The van der Waals surface area contributed by atoms with Crippen LogP contribution < -0.4 is 10.9 Å². The van der Waals surface area contributed by atoms with Crippen molar-refractivity contribution in [2.24, 2.45) is 0 Å². The van der Waals surface area contributed by atoms with Gasteiger partial charge in [-0.15, -0.1) is 0 Å². The van der Waals surface area contributed by atoms with Crippen LogP contribution in [-0.2, 0) is 38.1 Å². The van der Waals surface area contributed by atoms with Gasteiger partial charge in [0.15, 0.2) is 13.2 Å². The van der Waals surface area contributed by atoms with Gasteiger partial charge >= 0.3 is 23.9 Å². The van der Waals surface area contributed by atoms with Gasteiger partial charge in [0.1, 0.15) is 11.2 Å². The van der Waals surface area contributed by atoms with Crippen LogP contribution in [-0.4, -0.2) is 61.4 Å². The third kappa shape index (κ3) is 17.2. The van der Waals surface area contributed by atoms with E-state index >= 15 is 0 Å². The number of nitrogens with one attached hydrogen (secondary N) is 2. The summed E-state index contributed by atoms with van der Waals surface area (Å²) in [6.07, 6.45) is 0.0533. The molecule has 0 fully saturated rings. The summed E-state index contributed by atoms with van der Waals surface area (Å²) in [6, 6.07) is 0. The predicted molar refractivity (Wildman–Crippen MR) is 98.8 cm³/mol. The molecule has 10 heteroatoms. The van der Waals surface area contributed by atoms with Crippen molar-refractivity contribution in [1.29, 1.82) is 0 Å². The normalized spacial score (nSPS) is 11.5. The van der Waals surface area contributed by atoms with Gasteiger partial charge in [0, 0.05) is 13.1 Å². The zero-order valence-electron chi connectivity index (χ0n) is 17.5. The highest BCUT2D eigenvalue weighted by atomic mass is 16.6. The van der Waals surface area contributed by atoms with Crippen molar-refractivity contribution in [3.05, 3.63) is 0 Å². The molecule has 0 aromatic carbocycles. The molecule has 0 bridgehead atoms. The van der Waals surface area contributed by atoms with Crippen LogP contribution in [0.5, 0.6) is 0 Å². The fourth-order valence-electron chi connectivity index (χ4n) is 1.67. The van der Waals surface area contributed by atoms with Gasteiger partial charge in [-0.3, -0.25) is 20.4 Å². The van der Waals surface area contributed by atoms with Crippen LogP contribution in [0.25, 0.3) is 0 Å². The minimum atomic E-state index is -0.636. The summed E-state index contributed by atoms with van der Waals surface area (Å²) in [7, 11) is 0. The molecular weight excluding hydrogens is 372 g/mol. The summed E-state index contributed by atoms with van der Waals surface area (Å²) in [5.41, 5.74) is 4.18. The van der Waals surface area contributed by atoms with Gasteiger partial charge in [-0.05, 0) is 41.5 Å². The monoisotopic (exact) mass is 404 g/mol. The maximum atomic E-state index is 11.5. The first kappa shape index (κ1) is 25.8. The van der Waals surface area contributed by atoms with Gasteiger partial charge in [0.25, 0.3) is 0 Å². The van der Waals surface area contributed by atoms with Gasteiger partial charge in [-0.2, -0.15) is 0 Å². The average molecular weight is 404 g/mol. The molecule has 0 aliphatic carbocycles. The Labute approximate surface area is 165 Å². The van der Waals surface area contributed by atoms with E-state index in [9.17, 15) is 19.2 Å². The Morgan fingerprint density at radius 2 is 0.929 bits per heavy atom. The average Bonchev–Trinajstić information content (AvgIpc) is 2.51. The molecule has 0 unspecified atom stereocenters. The zero-order chi connectivity index (χ0) is 21.8. The number of rotatable bonds is 11. The van der Waals surface area contributed by atoms with E-state index in [0.29, 0.717) is 0 Å². The van der Waals surface area contributed by atoms with Crippen molar-refractivity contribution >= 4 is 23.9 Å². The molecule has 0 heterocycles. The fraction of sp³-hybridized carbons (Fsp3) is 0.778. The minimum absolute atomic E-state index is 0.0267. The van der Waals surface area contributed by atoms with Gasteiger partial charge in [0.05, 0.1) is 12.8 Å². The molecular formula is C18H32N2O8. The first-order valence-corrected chi connectivity index (χ1v) is 8.99. The fourth-order valence-corrected chi connectivity index (χ4v) is 1.67. The molecule has 0 radical (unpaired) electrons. The Balaban J connectivity index is 3.67. The van der Waals surface area contributed by atoms with Gasteiger partial charge in [-0.25, -0.2) is 9.59 Å².